The monoisotopic (exact) mass is 624 g/mol. The molecule has 0 N–H and O–H groups in total. The van der Waals surface area contributed by atoms with Gasteiger partial charge in [0.2, 0.25) is 0 Å². The van der Waals surface area contributed by atoms with Gasteiger partial charge in [0.1, 0.15) is 11.5 Å². The van der Waals surface area contributed by atoms with E-state index in [0.29, 0.717) is 37.2 Å². The molecule has 0 radical (unpaired) electrons. The van der Waals surface area contributed by atoms with Gasteiger partial charge in [-0.1, -0.05) is 53.4 Å². The van der Waals surface area contributed by atoms with Crippen molar-refractivity contribution in [2.24, 2.45) is 4.99 Å². The van der Waals surface area contributed by atoms with E-state index in [1.807, 2.05) is 48.5 Å². The summed E-state index contributed by atoms with van der Waals surface area (Å²) in [4.78, 5) is 33.2. The van der Waals surface area contributed by atoms with Crippen LogP contribution in [0, 0.1) is 0 Å². The summed E-state index contributed by atoms with van der Waals surface area (Å²) in [6, 6.07) is 18.3. The molecular formula is C29H25BrN2O5S2. The molecule has 0 fully saturated rings. The minimum atomic E-state index is -0.701. The number of hydrogen-bond acceptors (Lipinski definition) is 8. The molecule has 0 amide bonds. The fourth-order valence-corrected chi connectivity index (χ4v) is 6.57. The normalized spacial score (nSPS) is 15.3. The molecule has 1 aliphatic heterocycles. The highest BCUT2D eigenvalue weighted by molar-refractivity contribution is 9.10. The number of hydrogen-bond donors (Lipinski definition) is 0. The average molecular weight is 626 g/mol. The van der Waals surface area contributed by atoms with Crippen LogP contribution in [0.3, 0.4) is 0 Å². The molecule has 4 aromatic rings. The van der Waals surface area contributed by atoms with Crippen LogP contribution in [0.1, 0.15) is 38.1 Å². The van der Waals surface area contributed by atoms with E-state index >= 15 is 0 Å². The van der Waals surface area contributed by atoms with Crippen LogP contribution in [0.5, 0.6) is 5.75 Å². The van der Waals surface area contributed by atoms with Gasteiger partial charge in [0, 0.05) is 11.0 Å². The number of methoxy groups -OCH3 is 1. The Kier molecular flexibility index (Phi) is 7.97. The summed E-state index contributed by atoms with van der Waals surface area (Å²) in [7, 11) is 1.59. The lowest BCUT2D eigenvalue weighted by Crippen LogP contribution is -2.40. The van der Waals surface area contributed by atoms with Gasteiger partial charge >= 0.3 is 5.97 Å². The third-order valence-electron chi connectivity index (χ3n) is 5.92. The Hall–Kier alpha value is -3.34. The van der Waals surface area contributed by atoms with E-state index in [2.05, 4.69) is 20.9 Å². The SMILES string of the molecule is COc1ccc([C@@H]2C(C(=O)OC(C)C)=C(C)N=c3s/c(=C/c4cc(Br)c(Sc5ccccc5)o4)c(=O)n32)cc1. The predicted octanol–water partition coefficient (Wildman–Crippen LogP) is 5.70. The highest BCUT2D eigenvalue weighted by Gasteiger charge is 2.33. The van der Waals surface area contributed by atoms with Crippen LogP contribution in [0.2, 0.25) is 0 Å². The van der Waals surface area contributed by atoms with E-state index in [0.717, 1.165) is 14.9 Å². The van der Waals surface area contributed by atoms with Crippen LogP contribution in [-0.4, -0.2) is 23.8 Å². The van der Waals surface area contributed by atoms with Crippen LogP contribution in [0.15, 0.2) is 101 Å². The quantitative estimate of drug-likeness (QED) is 0.245. The summed E-state index contributed by atoms with van der Waals surface area (Å²) in [6.07, 6.45) is 1.39. The van der Waals surface area contributed by atoms with Crippen molar-refractivity contribution in [2.45, 2.75) is 42.9 Å². The molecule has 0 spiro atoms. The lowest BCUT2D eigenvalue weighted by Gasteiger charge is -2.25. The Morgan fingerprint density at radius 1 is 1.18 bits per heavy atom. The largest absolute Gasteiger partial charge is 0.497 e. The van der Waals surface area contributed by atoms with E-state index in [-0.39, 0.29) is 11.7 Å². The summed E-state index contributed by atoms with van der Waals surface area (Å²) >= 11 is 6.30. The zero-order chi connectivity index (χ0) is 27.7. The Balaban J connectivity index is 1.61. The topological polar surface area (TPSA) is 83.0 Å². The van der Waals surface area contributed by atoms with Gasteiger partial charge in [-0.2, -0.15) is 0 Å². The van der Waals surface area contributed by atoms with E-state index in [9.17, 15) is 9.59 Å². The molecule has 1 aliphatic rings. The molecule has 10 heteroatoms. The molecule has 200 valence electrons. The van der Waals surface area contributed by atoms with Gasteiger partial charge in [-0.05, 0) is 72.6 Å². The lowest BCUT2D eigenvalue weighted by molar-refractivity contribution is -0.143. The van der Waals surface area contributed by atoms with Crippen LogP contribution in [0.4, 0.5) is 0 Å². The highest BCUT2D eigenvalue weighted by Crippen LogP contribution is 2.36. The molecular weight excluding hydrogens is 600 g/mol. The van der Waals surface area contributed by atoms with E-state index in [1.54, 1.807) is 50.7 Å². The van der Waals surface area contributed by atoms with Gasteiger partial charge in [-0.15, -0.1) is 0 Å². The fourth-order valence-electron chi connectivity index (χ4n) is 4.20. The number of rotatable bonds is 7. The molecule has 0 unspecified atom stereocenters. The Labute approximate surface area is 241 Å². The van der Waals surface area contributed by atoms with Gasteiger partial charge in [-0.25, -0.2) is 9.79 Å². The number of benzene rings is 2. The number of furan rings is 1. The molecule has 2 aromatic heterocycles. The molecule has 5 rings (SSSR count). The van der Waals surface area contributed by atoms with Crippen molar-refractivity contribution in [1.82, 2.24) is 4.57 Å². The Morgan fingerprint density at radius 2 is 1.90 bits per heavy atom. The van der Waals surface area contributed by atoms with Crippen LogP contribution in [0.25, 0.3) is 6.08 Å². The maximum Gasteiger partial charge on any atom is 0.338 e. The van der Waals surface area contributed by atoms with E-state index in [4.69, 9.17) is 13.9 Å². The van der Waals surface area contributed by atoms with Crippen molar-refractivity contribution in [3.05, 3.63) is 107 Å². The van der Waals surface area contributed by atoms with Gasteiger partial charge in [-0.3, -0.25) is 9.36 Å². The first-order valence-electron chi connectivity index (χ1n) is 12.1. The molecule has 39 heavy (non-hydrogen) atoms. The zero-order valence-corrected chi connectivity index (χ0v) is 24.9. The molecule has 2 aromatic carbocycles. The van der Waals surface area contributed by atoms with Gasteiger partial charge in [0.05, 0.1) is 39.5 Å². The van der Waals surface area contributed by atoms with Gasteiger partial charge in [0.25, 0.3) is 5.56 Å². The first kappa shape index (κ1) is 27.2. The first-order valence-corrected chi connectivity index (χ1v) is 14.6. The average Bonchev–Trinajstić information content (AvgIpc) is 3.41. The fraction of sp³-hybridized carbons (Fsp3) is 0.207. The minimum Gasteiger partial charge on any atom is -0.497 e. The number of carbonyl (C=O) groups is 1. The molecule has 7 nitrogen and oxygen atoms in total. The van der Waals surface area contributed by atoms with Crippen molar-refractivity contribution in [2.75, 3.05) is 7.11 Å². The smallest absolute Gasteiger partial charge is 0.338 e. The number of allylic oxidation sites excluding steroid dienone is 1. The second-order valence-electron chi connectivity index (χ2n) is 9.01. The second-order valence-corrected chi connectivity index (χ2v) is 11.9. The second kappa shape index (κ2) is 11.4. The van der Waals surface area contributed by atoms with E-state index in [1.165, 1.54) is 23.1 Å². The van der Waals surface area contributed by atoms with E-state index < -0.39 is 12.0 Å². The Bertz CT molecular complexity index is 1730. The van der Waals surface area contributed by atoms with Crippen molar-refractivity contribution in [3.8, 4) is 5.75 Å². The molecule has 3 heterocycles. The number of fused-ring (bicyclic) bond motifs is 1. The number of nitrogens with zero attached hydrogens (tertiary/aromatic N) is 2. The predicted molar refractivity (Wildman–Crippen MR) is 155 cm³/mol. The number of thiazole rings is 1. The molecule has 0 aliphatic carbocycles. The van der Waals surface area contributed by atoms with Crippen LogP contribution >= 0.6 is 39.0 Å². The number of halogens is 1. The Morgan fingerprint density at radius 3 is 2.56 bits per heavy atom. The van der Waals surface area contributed by atoms with Crippen molar-refractivity contribution in [3.63, 3.8) is 0 Å². The van der Waals surface area contributed by atoms with Crippen LogP contribution in [-0.2, 0) is 9.53 Å². The summed E-state index contributed by atoms with van der Waals surface area (Å²) in [6.45, 7) is 5.34. The number of carbonyl (C=O) groups excluding carboxylic acids is 1. The first-order chi connectivity index (χ1) is 18.7. The lowest BCUT2D eigenvalue weighted by atomic mass is 9.96. The highest BCUT2D eigenvalue weighted by atomic mass is 79.9. The number of esters is 1. The summed E-state index contributed by atoms with van der Waals surface area (Å²) in [5.74, 6) is 0.700. The third kappa shape index (κ3) is 5.68. The summed E-state index contributed by atoms with van der Waals surface area (Å²) < 4.78 is 19.7. The van der Waals surface area contributed by atoms with Crippen molar-refractivity contribution >= 4 is 51.1 Å². The standard InChI is InChI=1S/C29H25BrN2O5S2/c1-16(2)36-27(34)24-17(3)31-29-32(25(24)18-10-12-19(35-4)13-11-18)26(33)23(39-29)15-20-14-22(30)28(37-20)38-21-8-6-5-7-9-21/h5-16,25H,1-4H3/b23-15+/t25-/m1/s1. The maximum absolute atomic E-state index is 13.8. The number of aromatic nitrogens is 1. The summed E-state index contributed by atoms with van der Waals surface area (Å²) in [5, 5.41) is 0.686. The molecule has 0 saturated heterocycles. The maximum atomic E-state index is 13.8. The van der Waals surface area contributed by atoms with Crippen LogP contribution < -0.4 is 19.6 Å². The molecule has 1 atom stereocenters. The third-order valence-corrected chi connectivity index (χ3v) is 8.75. The van der Waals surface area contributed by atoms with Gasteiger partial charge < -0.3 is 13.9 Å². The molecule has 0 bridgehead atoms. The van der Waals surface area contributed by atoms with Crippen molar-refractivity contribution < 1.29 is 18.7 Å². The summed E-state index contributed by atoms with van der Waals surface area (Å²) in [5.41, 5.74) is 1.31. The van der Waals surface area contributed by atoms with Crippen molar-refractivity contribution in [1.29, 1.82) is 0 Å². The number of ether oxygens (including phenoxy) is 2. The zero-order valence-electron chi connectivity index (χ0n) is 21.6. The minimum absolute atomic E-state index is 0.272. The molecule has 0 saturated carbocycles. The van der Waals surface area contributed by atoms with Gasteiger partial charge in [0.15, 0.2) is 9.89 Å².